The Labute approximate surface area is 155 Å². The molecule has 0 bridgehead atoms. The largest absolute Gasteiger partial charge is 0.479 e. The molecule has 1 saturated heterocycles. The number of nitrogens with one attached hydrogen (secondary N) is 1. The molecule has 0 aliphatic carbocycles. The summed E-state index contributed by atoms with van der Waals surface area (Å²) in [6.07, 6.45) is 3.45. The molecule has 1 aromatic heterocycles. The van der Waals surface area contributed by atoms with Crippen molar-refractivity contribution >= 4 is 11.8 Å². The maximum absolute atomic E-state index is 12.7. The highest BCUT2D eigenvalue weighted by molar-refractivity contribution is 5.96. The first-order valence-corrected chi connectivity index (χ1v) is 9.37. The third-order valence-corrected chi connectivity index (χ3v) is 4.96. The van der Waals surface area contributed by atoms with Gasteiger partial charge < -0.3 is 15.0 Å². The number of hydrogen-bond donors (Lipinski definition) is 1. The molecule has 2 amide bonds. The van der Waals surface area contributed by atoms with E-state index < -0.39 is 0 Å². The van der Waals surface area contributed by atoms with Crippen LogP contribution in [0.2, 0.25) is 0 Å². The number of hydrogen-bond acceptors (Lipinski definition) is 5. The van der Waals surface area contributed by atoms with E-state index in [-0.39, 0.29) is 17.7 Å². The van der Waals surface area contributed by atoms with Crippen molar-refractivity contribution in [2.24, 2.45) is 13.0 Å². The monoisotopic (exact) mass is 365 g/mol. The molecule has 2 rings (SSSR count). The van der Waals surface area contributed by atoms with Crippen molar-refractivity contribution in [3.63, 3.8) is 0 Å². The molecular weight excluding hydrogens is 334 g/mol. The van der Waals surface area contributed by atoms with Crippen LogP contribution >= 0.6 is 0 Å². The molecule has 1 aromatic rings. The van der Waals surface area contributed by atoms with Crippen molar-refractivity contribution in [1.82, 2.24) is 24.9 Å². The van der Waals surface area contributed by atoms with Gasteiger partial charge in [-0.2, -0.15) is 0 Å². The zero-order chi connectivity index (χ0) is 19.1. The fourth-order valence-corrected chi connectivity index (χ4v) is 3.25. The number of amides is 2. The second kappa shape index (κ2) is 9.56. The summed E-state index contributed by atoms with van der Waals surface area (Å²) in [7, 11) is 3.29. The number of nitrogens with zero attached hydrogens (tertiary/aromatic N) is 4. The molecule has 1 fully saturated rings. The fraction of sp³-hybridized carbons (Fsp3) is 0.722. The fourth-order valence-electron chi connectivity index (χ4n) is 3.25. The van der Waals surface area contributed by atoms with Gasteiger partial charge in [0.2, 0.25) is 11.8 Å². The predicted octanol–water partition coefficient (Wildman–Crippen LogP) is 0.739. The Balaban J connectivity index is 1.76. The summed E-state index contributed by atoms with van der Waals surface area (Å²) in [5.74, 6) is 0.576. The van der Waals surface area contributed by atoms with Gasteiger partial charge in [-0.25, -0.2) is 0 Å². The maximum Gasteiger partial charge on any atom is 0.261 e. The lowest BCUT2D eigenvalue weighted by Crippen LogP contribution is -2.50. The molecule has 1 aliphatic rings. The average Bonchev–Trinajstić information content (AvgIpc) is 3.03. The summed E-state index contributed by atoms with van der Waals surface area (Å²) in [6, 6.07) is 0. The number of aromatic nitrogens is 2. The molecule has 0 unspecified atom stereocenters. The number of carbonyl (C=O) groups is 2. The number of piperazine rings is 1. The molecule has 0 spiro atoms. The lowest BCUT2D eigenvalue weighted by atomic mass is 10.0. The molecule has 0 atom stereocenters. The Hall–Kier alpha value is -2.09. The molecule has 1 N–H and O–H groups in total. The molecule has 0 saturated carbocycles. The Morgan fingerprint density at radius 2 is 1.88 bits per heavy atom. The van der Waals surface area contributed by atoms with Crippen LogP contribution in [0.15, 0.2) is 6.20 Å². The molecule has 8 nitrogen and oxygen atoms in total. The van der Waals surface area contributed by atoms with Gasteiger partial charge in [-0.3, -0.25) is 19.2 Å². The Kier molecular flexibility index (Phi) is 7.44. The molecule has 26 heavy (non-hydrogen) atoms. The first-order chi connectivity index (χ1) is 12.5. The Bertz CT molecular complexity index is 604. The van der Waals surface area contributed by atoms with E-state index in [1.165, 1.54) is 7.11 Å². The van der Waals surface area contributed by atoms with E-state index in [0.717, 1.165) is 32.5 Å². The van der Waals surface area contributed by atoms with Gasteiger partial charge in [-0.1, -0.05) is 13.8 Å². The second-order valence-electron chi connectivity index (χ2n) is 6.66. The molecular formula is C18H31N5O3. The molecule has 146 valence electrons. The lowest BCUT2D eigenvalue weighted by molar-refractivity contribution is -0.125. The van der Waals surface area contributed by atoms with Crippen molar-refractivity contribution in [3.8, 4) is 5.88 Å². The van der Waals surface area contributed by atoms with Crippen LogP contribution in [0.5, 0.6) is 5.88 Å². The summed E-state index contributed by atoms with van der Waals surface area (Å²) >= 11 is 0. The quantitative estimate of drug-likeness (QED) is 0.735. The number of aryl methyl sites for hydroxylation is 1. The van der Waals surface area contributed by atoms with Crippen molar-refractivity contribution in [2.75, 3.05) is 46.4 Å². The minimum Gasteiger partial charge on any atom is -0.479 e. The van der Waals surface area contributed by atoms with Crippen molar-refractivity contribution in [2.45, 2.75) is 26.7 Å². The molecule has 1 aliphatic heterocycles. The van der Waals surface area contributed by atoms with Gasteiger partial charge in [0, 0.05) is 58.4 Å². The standard InChI is InChI=1S/C18H31N5O3/c1-5-14(6-2)16(24)19-7-8-22-9-11-23(12-10-22)18(25)15-13-21(3)20-17(15)26-4/h13-14H,5-12H2,1-4H3,(H,19,24). The van der Waals surface area contributed by atoms with Crippen LogP contribution in [0.25, 0.3) is 0 Å². The first kappa shape index (κ1) is 20.2. The van der Waals surface area contributed by atoms with Crippen LogP contribution in [-0.4, -0.2) is 77.8 Å². The minimum atomic E-state index is -0.0448. The molecule has 0 radical (unpaired) electrons. The highest BCUT2D eigenvalue weighted by atomic mass is 16.5. The second-order valence-corrected chi connectivity index (χ2v) is 6.66. The van der Waals surface area contributed by atoms with E-state index in [1.807, 2.05) is 18.7 Å². The average molecular weight is 365 g/mol. The van der Waals surface area contributed by atoms with Crippen LogP contribution in [-0.2, 0) is 11.8 Å². The van der Waals surface area contributed by atoms with Crippen LogP contribution < -0.4 is 10.1 Å². The van der Waals surface area contributed by atoms with Gasteiger partial charge in [0.15, 0.2) is 0 Å². The molecule has 8 heteroatoms. The molecule has 0 aromatic carbocycles. The van der Waals surface area contributed by atoms with E-state index >= 15 is 0 Å². The summed E-state index contributed by atoms with van der Waals surface area (Å²) in [6.45, 7) is 8.48. The summed E-state index contributed by atoms with van der Waals surface area (Å²) in [4.78, 5) is 28.8. The van der Waals surface area contributed by atoms with E-state index in [9.17, 15) is 9.59 Å². The number of ether oxygens (including phenoxy) is 1. The lowest BCUT2D eigenvalue weighted by Gasteiger charge is -2.34. The maximum atomic E-state index is 12.7. The summed E-state index contributed by atoms with van der Waals surface area (Å²) in [5, 5.41) is 7.16. The number of methoxy groups -OCH3 is 1. The number of carbonyl (C=O) groups excluding carboxylic acids is 2. The molecule has 2 heterocycles. The summed E-state index contributed by atoms with van der Waals surface area (Å²) in [5.41, 5.74) is 0.501. The topological polar surface area (TPSA) is 79.7 Å². The van der Waals surface area contributed by atoms with Crippen LogP contribution in [0.4, 0.5) is 0 Å². The van der Waals surface area contributed by atoms with Gasteiger partial charge in [0.05, 0.1) is 7.11 Å². The predicted molar refractivity (Wildman–Crippen MR) is 99.2 cm³/mol. The van der Waals surface area contributed by atoms with Crippen LogP contribution in [0.1, 0.15) is 37.0 Å². The third kappa shape index (κ3) is 4.97. The summed E-state index contributed by atoms with van der Waals surface area (Å²) < 4.78 is 6.77. The third-order valence-electron chi connectivity index (χ3n) is 4.96. The van der Waals surface area contributed by atoms with E-state index in [0.29, 0.717) is 31.1 Å². The normalized spacial score (nSPS) is 15.3. The minimum absolute atomic E-state index is 0.0448. The zero-order valence-corrected chi connectivity index (χ0v) is 16.3. The van der Waals surface area contributed by atoms with Crippen LogP contribution in [0.3, 0.4) is 0 Å². The van der Waals surface area contributed by atoms with E-state index in [4.69, 9.17) is 4.74 Å². The first-order valence-electron chi connectivity index (χ1n) is 9.37. The SMILES string of the molecule is CCC(CC)C(=O)NCCN1CCN(C(=O)c2cn(C)nc2OC)CC1. The van der Waals surface area contributed by atoms with Gasteiger partial charge in [-0.15, -0.1) is 5.10 Å². The van der Waals surface area contributed by atoms with E-state index in [2.05, 4.69) is 15.3 Å². The highest BCUT2D eigenvalue weighted by Gasteiger charge is 2.26. The Morgan fingerprint density at radius 3 is 2.46 bits per heavy atom. The van der Waals surface area contributed by atoms with Gasteiger partial charge >= 0.3 is 0 Å². The van der Waals surface area contributed by atoms with Crippen molar-refractivity contribution < 1.29 is 14.3 Å². The zero-order valence-electron chi connectivity index (χ0n) is 16.3. The van der Waals surface area contributed by atoms with Gasteiger partial charge in [0.25, 0.3) is 5.91 Å². The van der Waals surface area contributed by atoms with Gasteiger partial charge in [-0.05, 0) is 12.8 Å². The number of rotatable bonds is 8. The van der Waals surface area contributed by atoms with Crippen molar-refractivity contribution in [1.29, 1.82) is 0 Å². The smallest absolute Gasteiger partial charge is 0.261 e. The van der Waals surface area contributed by atoms with Crippen molar-refractivity contribution in [3.05, 3.63) is 11.8 Å². The highest BCUT2D eigenvalue weighted by Crippen LogP contribution is 2.18. The van der Waals surface area contributed by atoms with Gasteiger partial charge in [0.1, 0.15) is 5.56 Å². The Morgan fingerprint density at radius 1 is 1.23 bits per heavy atom. The van der Waals surface area contributed by atoms with Crippen LogP contribution in [0, 0.1) is 5.92 Å². The van der Waals surface area contributed by atoms with E-state index in [1.54, 1.807) is 17.9 Å².